The number of hydrogen-bond donors (Lipinski definition) is 0. The van der Waals surface area contributed by atoms with Crippen molar-refractivity contribution in [1.29, 1.82) is 5.26 Å². The van der Waals surface area contributed by atoms with Crippen molar-refractivity contribution in [2.24, 2.45) is 0 Å². The Hall–Kier alpha value is -1.57. The third-order valence-corrected chi connectivity index (χ3v) is 2.98. The van der Waals surface area contributed by atoms with Crippen LogP contribution in [0.4, 0.5) is 0 Å². The standard InChI is InChI=1S/C14H20N2O2/c1-11(10-17-3)16(2)9-12-5-6-14(18-4)13(7-12)8-15/h5-7,11H,9-10H2,1-4H3. The van der Waals surface area contributed by atoms with Crippen molar-refractivity contribution in [3.63, 3.8) is 0 Å². The van der Waals surface area contributed by atoms with Crippen molar-refractivity contribution in [1.82, 2.24) is 4.90 Å². The SMILES string of the molecule is COCC(C)N(C)Cc1ccc(OC)c(C#N)c1. The summed E-state index contributed by atoms with van der Waals surface area (Å²) in [7, 11) is 5.31. The molecule has 0 spiro atoms. The van der Waals surface area contributed by atoms with Gasteiger partial charge >= 0.3 is 0 Å². The summed E-state index contributed by atoms with van der Waals surface area (Å²) < 4.78 is 10.3. The third-order valence-electron chi connectivity index (χ3n) is 2.98. The van der Waals surface area contributed by atoms with E-state index in [0.29, 0.717) is 24.0 Å². The Balaban J connectivity index is 2.77. The van der Waals surface area contributed by atoms with Gasteiger partial charge in [0.05, 0.1) is 19.3 Å². The number of ether oxygens (including phenoxy) is 2. The molecule has 0 saturated carbocycles. The molecule has 0 aromatic heterocycles. The highest BCUT2D eigenvalue weighted by Crippen LogP contribution is 2.19. The maximum atomic E-state index is 9.04. The Morgan fingerprint density at radius 3 is 2.67 bits per heavy atom. The van der Waals surface area contributed by atoms with Crippen molar-refractivity contribution >= 4 is 0 Å². The quantitative estimate of drug-likeness (QED) is 0.772. The topological polar surface area (TPSA) is 45.5 Å². The van der Waals surface area contributed by atoms with Crippen LogP contribution in [0.1, 0.15) is 18.1 Å². The van der Waals surface area contributed by atoms with Crippen molar-refractivity contribution in [2.45, 2.75) is 19.5 Å². The van der Waals surface area contributed by atoms with Gasteiger partial charge in [0.2, 0.25) is 0 Å². The fraction of sp³-hybridized carbons (Fsp3) is 0.500. The van der Waals surface area contributed by atoms with E-state index in [1.807, 2.05) is 25.2 Å². The van der Waals surface area contributed by atoms with Gasteiger partial charge in [-0.2, -0.15) is 5.26 Å². The van der Waals surface area contributed by atoms with Gasteiger partial charge < -0.3 is 9.47 Å². The first-order valence-corrected chi connectivity index (χ1v) is 5.88. The average molecular weight is 248 g/mol. The van der Waals surface area contributed by atoms with Gasteiger partial charge in [-0.1, -0.05) is 6.07 Å². The lowest BCUT2D eigenvalue weighted by atomic mass is 10.1. The zero-order valence-corrected chi connectivity index (χ0v) is 11.4. The Bertz CT molecular complexity index is 426. The summed E-state index contributed by atoms with van der Waals surface area (Å²) in [6.07, 6.45) is 0. The van der Waals surface area contributed by atoms with Gasteiger partial charge in [0, 0.05) is 19.7 Å². The Morgan fingerprint density at radius 2 is 2.11 bits per heavy atom. The molecule has 0 fully saturated rings. The molecule has 98 valence electrons. The van der Waals surface area contributed by atoms with Crippen LogP contribution in [0.25, 0.3) is 0 Å². The van der Waals surface area contributed by atoms with Crippen LogP contribution in [0.15, 0.2) is 18.2 Å². The molecule has 1 aromatic rings. The van der Waals surface area contributed by atoms with Crippen molar-refractivity contribution in [2.75, 3.05) is 27.9 Å². The normalized spacial score (nSPS) is 12.2. The predicted octanol–water partition coefficient (Wildman–Crippen LogP) is 2.03. The van der Waals surface area contributed by atoms with E-state index in [1.54, 1.807) is 14.2 Å². The second kappa shape index (κ2) is 7.00. The molecule has 1 unspecified atom stereocenters. The summed E-state index contributed by atoms with van der Waals surface area (Å²) in [5.41, 5.74) is 1.67. The van der Waals surface area contributed by atoms with E-state index in [-0.39, 0.29) is 0 Å². The van der Waals surface area contributed by atoms with Crippen LogP contribution in [0.3, 0.4) is 0 Å². The number of methoxy groups -OCH3 is 2. The predicted molar refractivity (Wildman–Crippen MR) is 70.5 cm³/mol. The van der Waals surface area contributed by atoms with Gasteiger partial charge in [-0.25, -0.2) is 0 Å². The number of likely N-dealkylation sites (N-methyl/N-ethyl adjacent to an activating group) is 1. The van der Waals surface area contributed by atoms with Crippen molar-refractivity contribution in [3.05, 3.63) is 29.3 Å². The Morgan fingerprint density at radius 1 is 1.39 bits per heavy atom. The van der Waals surface area contributed by atoms with E-state index < -0.39 is 0 Å². The molecule has 0 saturated heterocycles. The van der Waals surface area contributed by atoms with Gasteiger partial charge in [0.1, 0.15) is 11.8 Å². The lowest BCUT2D eigenvalue weighted by Gasteiger charge is -2.24. The molecular weight excluding hydrogens is 228 g/mol. The van der Waals surface area contributed by atoms with Crippen LogP contribution < -0.4 is 4.74 Å². The van der Waals surface area contributed by atoms with E-state index in [4.69, 9.17) is 14.7 Å². The van der Waals surface area contributed by atoms with Crippen LogP contribution >= 0.6 is 0 Å². The van der Waals surface area contributed by atoms with Crippen LogP contribution in [-0.4, -0.2) is 38.8 Å². The Kier molecular flexibility index (Phi) is 5.63. The first kappa shape index (κ1) is 14.5. The van der Waals surface area contributed by atoms with Crippen LogP contribution in [0.5, 0.6) is 5.75 Å². The zero-order chi connectivity index (χ0) is 13.5. The highest BCUT2D eigenvalue weighted by molar-refractivity contribution is 5.45. The van der Waals surface area contributed by atoms with Gasteiger partial charge in [0.25, 0.3) is 0 Å². The van der Waals surface area contributed by atoms with E-state index >= 15 is 0 Å². The molecule has 0 bridgehead atoms. The second-order valence-corrected chi connectivity index (χ2v) is 4.37. The molecule has 0 radical (unpaired) electrons. The molecular formula is C14H20N2O2. The number of hydrogen-bond acceptors (Lipinski definition) is 4. The minimum Gasteiger partial charge on any atom is -0.495 e. The van der Waals surface area contributed by atoms with E-state index in [1.165, 1.54) is 0 Å². The van der Waals surface area contributed by atoms with Gasteiger partial charge in [-0.05, 0) is 31.7 Å². The monoisotopic (exact) mass is 248 g/mol. The average Bonchev–Trinajstić information content (AvgIpc) is 2.38. The fourth-order valence-corrected chi connectivity index (χ4v) is 1.75. The lowest BCUT2D eigenvalue weighted by molar-refractivity contribution is 0.112. The van der Waals surface area contributed by atoms with Gasteiger partial charge in [0.15, 0.2) is 0 Å². The molecule has 18 heavy (non-hydrogen) atoms. The molecule has 4 nitrogen and oxygen atoms in total. The van der Waals surface area contributed by atoms with Gasteiger partial charge in [-0.15, -0.1) is 0 Å². The van der Waals surface area contributed by atoms with Crippen LogP contribution in [0.2, 0.25) is 0 Å². The second-order valence-electron chi connectivity index (χ2n) is 4.37. The van der Waals surface area contributed by atoms with Gasteiger partial charge in [-0.3, -0.25) is 4.90 Å². The number of nitriles is 1. The number of nitrogens with zero attached hydrogens (tertiary/aromatic N) is 2. The maximum Gasteiger partial charge on any atom is 0.136 e. The van der Waals surface area contributed by atoms with Crippen LogP contribution in [-0.2, 0) is 11.3 Å². The number of rotatable bonds is 6. The highest BCUT2D eigenvalue weighted by atomic mass is 16.5. The summed E-state index contributed by atoms with van der Waals surface area (Å²) in [5, 5.41) is 9.04. The third kappa shape index (κ3) is 3.73. The molecule has 1 rings (SSSR count). The summed E-state index contributed by atoms with van der Waals surface area (Å²) in [4.78, 5) is 2.19. The van der Waals surface area contributed by atoms with Crippen molar-refractivity contribution in [3.8, 4) is 11.8 Å². The summed E-state index contributed by atoms with van der Waals surface area (Å²) in [5.74, 6) is 0.619. The summed E-state index contributed by atoms with van der Waals surface area (Å²) in [6.45, 7) is 3.58. The molecule has 0 aliphatic heterocycles. The van der Waals surface area contributed by atoms with Crippen molar-refractivity contribution < 1.29 is 9.47 Å². The smallest absolute Gasteiger partial charge is 0.136 e. The number of benzene rings is 1. The highest BCUT2D eigenvalue weighted by Gasteiger charge is 2.10. The minimum absolute atomic E-state index is 0.336. The largest absolute Gasteiger partial charge is 0.495 e. The molecule has 0 heterocycles. The first-order chi connectivity index (χ1) is 8.62. The molecule has 1 aromatic carbocycles. The van der Waals surface area contributed by atoms with E-state index in [2.05, 4.69) is 17.9 Å². The zero-order valence-electron chi connectivity index (χ0n) is 11.4. The minimum atomic E-state index is 0.336. The molecule has 4 heteroatoms. The fourth-order valence-electron chi connectivity index (χ4n) is 1.75. The Labute approximate surface area is 109 Å². The molecule has 0 N–H and O–H groups in total. The molecule has 0 aliphatic carbocycles. The van der Waals surface area contributed by atoms with Crippen LogP contribution in [0, 0.1) is 11.3 Å². The van der Waals surface area contributed by atoms with E-state index in [9.17, 15) is 0 Å². The first-order valence-electron chi connectivity index (χ1n) is 5.88. The summed E-state index contributed by atoms with van der Waals surface area (Å²) in [6, 6.07) is 8.17. The summed E-state index contributed by atoms with van der Waals surface area (Å²) >= 11 is 0. The molecule has 0 aliphatic rings. The lowest BCUT2D eigenvalue weighted by Crippen LogP contribution is -2.32. The molecule has 1 atom stereocenters. The molecule has 0 amide bonds. The van der Waals surface area contributed by atoms with E-state index in [0.717, 1.165) is 12.1 Å². The maximum absolute atomic E-state index is 9.04.